The Morgan fingerprint density at radius 1 is 1.41 bits per heavy atom. The van der Waals surface area contributed by atoms with Crippen LogP contribution in [0.4, 0.5) is 0 Å². The van der Waals surface area contributed by atoms with Crippen LogP contribution in [0.3, 0.4) is 0 Å². The zero-order valence-electron chi connectivity index (χ0n) is 10.8. The first-order valence-corrected chi connectivity index (χ1v) is 6.81. The summed E-state index contributed by atoms with van der Waals surface area (Å²) in [5.41, 5.74) is 1.39. The highest BCUT2D eigenvalue weighted by Crippen LogP contribution is 2.13. The summed E-state index contributed by atoms with van der Waals surface area (Å²) in [4.78, 5) is 0. The van der Waals surface area contributed by atoms with E-state index in [0.717, 1.165) is 38.8 Å². The van der Waals surface area contributed by atoms with Crippen LogP contribution >= 0.6 is 0 Å². The van der Waals surface area contributed by atoms with Gasteiger partial charge in [0, 0.05) is 38.7 Å². The van der Waals surface area contributed by atoms with Gasteiger partial charge in [-0.25, -0.2) is 0 Å². The lowest BCUT2D eigenvalue weighted by Gasteiger charge is -2.22. The van der Waals surface area contributed by atoms with Crippen LogP contribution in [0.1, 0.15) is 31.7 Å². The number of nitrogens with one attached hydrogen (secondary N) is 1. The van der Waals surface area contributed by atoms with Gasteiger partial charge in [0.05, 0.1) is 0 Å². The molecule has 1 aromatic heterocycles. The van der Waals surface area contributed by atoms with Crippen LogP contribution in [0.25, 0.3) is 0 Å². The van der Waals surface area contributed by atoms with E-state index in [1.807, 2.05) is 0 Å². The fraction of sp³-hybridized carbons (Fsp3) is 0.714. The van der Waals surface area contributed by atoms with Crippen molar-refractivity contribution in [2.75, 3.05) is 19.8 Å². The third-order valence-electron chi connectivity index (χ3n) is 3.40. The average Bonchev–Trinajstić information content (AvgIpc) is 2.79. The molecule has 2 heterocycles. The van der Waals surface area contributed by atoms with E-state index in [1.54, 1.807) is 0 Å². The maximum absolute atomic E-state index is 5.36. The molecule has 1 fully saturated rings. The molecule has 3 nitrogen and oxygen atoms in total. The Balaban J connectivity index is 1.66. The Morgan fingerprint density at radius 3 is 3.00 bits per heavy atom. The van der Waals surface area contributed by atoms with E-state index >= 15 is 0 Å². The first kappa shape index (κ1) is 12.7. The van der Waals surface area contributed by atoms with Gasteiger partial charge in [0.1, 0.15) is 0 Å². The molecular formula is C14H24N2O. The predicted molar refractivity (Wildman–Crippen MR) is 70.0 cm³/mol. The van der Waals surface area contributed by atoms with Gasteiger partial charge in [-0.05, 0) is 43.4 Å². The van der Waals surface area contributed by atoms with Crippen molar-refractivity contribution in [3.05, 3.63) is 24.0 Å². The van der Waals surface area contributed by atoms with Gasteiger partial charge in [-0.2, -0.15) is 0 Å². The maximum atomic E-state index is 5.36. The van der Waals surface area contributed by atoms with E-state index in [0.29, 0.717) is 0 Å². The molecule has 1 aliphatic heterocycles. The van der Waals surface area contributed by atoms with Gasteiger partial charge in [-0.3, -0.25) is 0 Å². The van der Waals surface area contributed by atoms with Crippen molar-refractivity contribution in [1.82, 2.24) is 9.88 Å². The normalized spacial score (nSPS) is 17.5. The molecule has 0 radical (unpaired) electrons. The van der Waals surface area contributed by atoms with Crippen LogP contribution in [0.5, 0.6) is 0 Å². The Hall–Kier alpha value is -0.800. The molecule has 0 spiro atoms. The van der Waals surface area contributed by atoms with E-state index < -0.39 is 0 Å². The van der Waals surface area contributed by atoms with E-state index in [9.17, 15) is 0 Å². The molecule has 1 aliphatic rings. The lowest BCUT2D eigenvalue weighted by Crippen LogP contribution is -2.27. The number of aryl methyl sites for hydroxylation is 1. The number of nitrogens with zero attached hydrogens (tertiary/aromatic N) is 1. The second-order valence-corrected chi connectivity index (χ2v) is 4.94. The van der Waals surface area contributed by atoms with Gasteiger partial charge in [-0.1, -0.05) is 6.92 Å². The number of hydrogen-bond acceptors (Lipinski definition) is 2. The molecule has 2 rings (SSSR count). The highest BCUT2D eigenvalue weighted by molar-refractivity contribution is 5.09. The Bertz CT molecular complexity index is 316. The minimum Gasteiger partial charge on any atom is -0.381 e. The molecule has 0 aromatic carbocycles. The van der Waals surface area contributed by atoms with Crippen LogP contribution < -0.4 is 5.32 Å². The lowest BCUT2D eigenvalue weighted by molar-refractivity contribution is 0.0662. The average molecular weight is 236 g/mol. The summed E-state index contributed by atoms with van der Waals surface area (Å²) in [7, 11) is 0. The van der Waals surface area contributed by atoms with Gasteiger partial charge in [-0.15, -0.1) is 0 Å². The van der Waals surface area contributed by atoms with Gasteiger partial charge < -0.3 is 14.6 Å². The standard InChI is InChI=1S/C14H24N2O/c1-2-6-16-7-3-14(12-16)11-15-10-13-4-8-17-9-5-13/h3,7,12-13,15H,2,4-6,8-11H2,1H3. The smallest absolute Gasteiger partial charge is 0.0469 e. The van der Waals surface area contributed by atoms with Gasteiger partial charge >= 0.3 is 0 Å². The highest BCUT2D eigenvalue weighted by atomic mass is 16.5. The molecule has 3 heteroatoms. The lowest BCUT2D eigenvalue weighted by atomic mass is 10.0. The number of ether oxygens (including phenoxy) is 1. The van der Waals surface area contributed by atoms with Crippen molar-refractivity contribution >= 4 is 0 Å². The monoisotopic (exact) mass is 236 g/mol. The number of rotatable bonds is 6. The van der Waals surface area contributed by atoms with Crippen LogP contribution in [0, 0.1) is 5.92 Å². The van der Waals surface area contributed by atoms with Gasteiger partial charge in [0.15, 0.2) is 0 Å². The molecule has 0 saturated carbocycles. The summed E-state index contributed by atoms with van der Waals surface area (Å²) < 4.78 is 7.63. The molecular weight excluding hydrogens is 212 g/mol. The molecule has 0 amide bonds. The van der Waals surface area contributed by atoms with Crippen LogP contribution in [0.15, 0.2) is 18.5 Å². The Labute approximate surface area is 104 Å². The molecule has 17 heavy (non-hydrogen) atoms. The van der Waals surface area contributed by atoms with Crippen molar-refractivity contribution in [3.63, 3.8) is 0 Å². The van der Waals surface area contributed by atoms with E-state index in [4.69, 9.17) is 4.74 Å². The van der Waals surface area contributed by atoms with Crippen molar-refractivity contribution in [3.8, 4) is 0 Å². The second-order valence-electron chi connectivity index (χ2n) is 4.94. The molecule has 1 aromatic rings. The summed E-state index contributed by atoms with van der Waals surface area (Å²) in [6.45, 7) is 7.35. The van der Waals surface area contributed by atoms with Crippen LogP contribution in [-0.4, -0.2) is 24.3 Å². The third kappa shape index (κ3) is 4.17. The van der Waals surface area contributed by atoms with E-state index in [1.165, 1.54) is 24.8 Å². The van der Waals surface area contributed by atoms with Crippen molar-refractivity contribution in [2.45, 2.75) is 39.3 Å². The quantitative estimate of drug-likeness (QED) is 0.821. The zero-order chi connectivity index (χ0) is 11.9. The first-order valence-electron chi connectivity index (χ1n) is 6.81. The largest absolute Gasteiger partial charge is 0.381 e. The first-order chi connectivity index (χ1) is 8.38. The molecule has 1 N–H and O–H groups in total. The summed E-state index contributed by atoms with van der Waals surface area (Å²) in [6, 6.07) is 2.21. The highest BCUT2D eigenvalue weighted by Gasteiger charge is 2.12. The van der Waals surface area contributed by atoms with Crippen molar-refractivity contribution in [2.24, 2.45) is 5.92 Å². The summed E-state index contributed by atoms with van der Waals surface area (Å²) in [5, 5.41) is 3.56. The van der Waals surface area contributed by atoms with E-state index in [2.05, 4.69) is 35.3 Å². The zero-order valence-corrected chi connectivity index (χ0v) is 10.8. The summed E-state index contributed by atoms with van der Waals surface area (Å²) in [5.74, 6) is 0.807. The van der Waals surface area contributed by atoms with E-state index in [-0.39, 0.29) is 0 Å². The maximum Gasteiger partial charge on any atom is 0.0469 e. The van der Waals surface area contributed by atoms with Crippen molar-refractivity contribution < 1.29 is 4.74 Å². The molecule has 96 valence electrons. The topological polar surface area (TPSA) is 26.2 Å². The van der Waals surface area contributed by atoms with Gasteiger partial charge in [0.2, 0.25) is 0 Å². The van der Waals surface area contributed by atoms with Gasteiger partial charge in [0.25, 0.3) is 0 Å². The molecule has 0 bridgehead atoms. The van der Waals surface area contributed by atoms with Crippen molar-refractivity contribution in [1.29, 1.82) is 0 Å². The second kappa shape index (κ2) is 6.82. The number of aromatic nitrogens is 1. The fourth-order valence-corrected chi connectivity index (χ4v) is 2.36. The summed E-state index contributed by atoms with van der Waals surface area (Å²) >= 11 is 0. The number of hydrogen-bond donors (Lipinski definition) is 1. The predicted octanol–water partition coefficient (Wildman–Crippen LogP) is 2.41. The summed E-state index contributed by atoms with van der Waals surface area (Å²) in [6.07, 6.45) is 8.05. The molecule has 1 saturated heterocycles. The molecule has 0 unspecified atom stereocenters. The van der Waals surface area contributed by atoms with Crippen LogP contribution in [-0.2, 0) is 17.8 Å². The third-order valence-corrected chi connectivity index (χ3v) is 3.40. The molecule has 0 atom stereocenters. The minimum absolute atomic E-state index is 0.807. The SMILES string of the molecule is CCCn1ccc(CNCC2CCOCC2)c1. The molecule has 0 aliphatic carbocycles. The van der Waals surface area contributed by atoms with Crippen LogP contribution in [0.2, 0.25) is 0 Å². The minimum atomic E-state index is 0.807. The fourth-order valence-electron chi connectivity index (χ4n) is 2.36. The Kier molecular flexibility index (Phi) is 5.08. The Morgan fingerprint density at radius 2 is 2.24 bits per heavy atom.